The standard InChI is InChI=1S/C16H17ClFNO/c1-2-10-19-11-12-6-3-4-8-14(12)20-15-9-5-7-13(17)16(15)18/h3-9,19H,2,10-11H2,1H3. The summed E-state index contributed by atoms with van der Waals surface area (Å²) in [5, 5.41) is 3.36. The Hall–Kier alpha value is -1.58. The van der Waals surface area contributed by atoms with Gasteiger partial charge in [0.25, 0.3) is 0 Å². The highest BCUT2D eigenvalue weighted by Crippen LogP contribution is 2.30. The zero-order valence-corrected chi connectivity index (χ0v) is 12.1. The van der Waals surface area contributed by atoms with Gasteiger partial charge in [0.05, 0.1) is 5.02 Å². The highest BCUT2D eigenvalue weighted by molar-refractivity contribution is 6.30. The summed E-state index contributed by atoms with van der Waals surface area (Å²) < 4.78 is 19.5. The summed E-state index contributed by atoms with van der Waals surface area (Å²) in [7, 11) is 0. The average Bonchev–Trinajstić information content (AvgIpc) is 2.46. The Morgan fingerprint density at radius 2 is 1.85 bits per heavy atom. The van der Waals surface area contributed by atoms with E-state index >= 15 is 0 Å². The zero-order chi connectivity index (χ0) is 14.4. The lowest BCUT2D eigenvalue weighted by Gasteiger charge is -2.12. The third kappa shape index (κ3) is 3.71. The van der Waals surface area contributed by atoms with Crippen molar-refractivity contribution >= 4 is 11.6 Å². The SMILES string of the molecule is CCCNCc1ccccc1Oc1cccc(Cl)c1F. The maximum Gasteiger partial charge on any atom is 0.184 e. The normalized spacial score (nSPS) is 10.6. The first kappa shape index (κ1) is 14.8. The maximum atomic E-state index is 13.9. The molecule has 1 N–H and O–H groups in total. The van der Waals surface area contributed by atoms with Crippen molar-refractivity contribution < 1.29 is 9.13 Å². The molecule has 0 aliphatic heterocycles. The minimum Gasteiger partial charge on any atom is -0.454 e. The average molecular weight is 294 g/mol. The molecule has 20 heavy (non-hydrogen) atoms. The summed E-state index contributed by atoms with van der Waals surface area (Å²) in [6.07, 6.45) is 1.06. The fourth-order valence-corrected chi connectivity index (χ4v) is 2.00. The second kappa shape index (κ2) is 7.27. The highest BCUT2D eigenvalue weighted by atomic mass is 35.5. The van der Waals surface area contributed by atoms with Crippen molar-refractivity contribution in [1.29, 1.82) is 0 Å². The van der Waals surface area contributed by atoms with E-state index in [2.05, 4.69) is 12.2 Å². The largest absolute Gasteiger partial charge is 0.454 e. The van der Waals surface area contributed by atoms with E-state index in [-0.39, 0.29) is 10.8 Å². The van der Waals surface area contributed by atoms with Gasteiger partial charge in [-0.3, -0.25) is 0 Å². The highest BCUT2D eigenvalue weighted by Gasteiger charge is 2.10. The van der Waals surface area contributed by atoms with Crippen LogP contribution in [0.3, 0.4) is 0 Å². The van der Waals surface area contributed by atoms with Crippen LogP contribution in [0.5, 0.6) is 11.5 Å². The van der Waals surface area contributed by atoms with E-state index in [0.717, 1.165) is 18.5 Å². The van der Waals surface area contributed by atoms with Crippen molar-refractivity contribution in [2.45, 2.75) is 19.9 Å². The van der Waals surface area contributed by atoms with E-state index in [1.165, 1.54) is 6.07 Å². The molecule has 2 rings (SSSR count). The first-order chi connectivity index (χ1) is 9.72. The molecular formula is C16H17ClFNO. The minimum atomic E-state index is -0.537. The summed E-state index contributed by atoms with van der Waals surface area (Å²) in [6, 6.07) is 12.3. The van der Waals surface area contributed by atoms with Gasteiger partial charge in [0.15, 0.2) is 11.6 Å². The van der Waals surface area contributed by atoms with Crippen LogP contribution in [0.2, 0.25) is 5.02 Å². The fourth-order valence-electron chi connectivity index (χ4n) is 1.83. The fraction of sp³-hybridized carbons (Fsp3) is 0.250. The monoisotopic (exact) mass is 293 g/mol. The molecule has 0 aliphatic carbocycles. The number of halogens is 2. The van der Waals surface area contributed by atoms with Crippen molar-refractivity contribution in [2.24, 2.45) is 0 Å². The van der Waals surface area contributed by atoms with Crippen molar-refractivity contribution in [3.8, 4) is 11.5 Å². The molecule has 0 spiro atoms. The molecule has 0 aromatic heterocycles. The summed E-state index contributed by atoms with van der Waals surface area (Å²) >= 11 is 5.75. The van der Waals surface area contributed by atoms with Crippen LogP contribution in [0.1, 0.15) is 18.9 Å². The van der Waals surface area contributed by atoms with Gasteiger partial charge in [0.2, 0.25) is 0 Å². The molecule has 0 fully saturated rings. The molecule has 106 valence electrons. The van der Waals surface area contributed by atoms with E-state index in [9.17, 15) is 4.39 Å². The van der Waals surface area contributed by atoms with Crippen LogP contribution in [0.15, 0.2) is 42.5 Å². The minimum absolute atomic E-state index is 0.0593. The zero-order valence-electron chi connectivity index (χ0n) is 11.3. The van der Waals surface area contributed by atoms with E-state index in [1.54, 1.807) is 12.1 Å². The third-order valence-corrected chi connectivity index (χ3v) is 3.14. The summed E-state index contributed by atoms with van der Waals surface area (Å²) in [6.45, 7) is 3.73. The number of hydrogen-bond acceptors (Lipinski definition) is 2. The van der Waals surface area contributed by atoms with Gasteiger partial charge in [0, 0.05) is 12.1 Å². The summed E-state index contributed by atoms with van der Waals surface area (Å²) in [4.78, 5) is 0. The first-order valence-corrected chi connectivity index (χ1v) is 7.00. The van der Waals surface area contributed by atoms with Crippen molar-refractivity contribution in [2.75, 3.05) is 6.54 Å². The molecule has 2 aromatic carbocycles. The van der Waals surface area contributed by atoms with Gasteiger partial charge in [-0.25, -0.2) is 4.39 Å². The lowest BCUT2D eigenvalue weighted by Crippen LogP contribution is -2.14. The Morgan fingerprint density at radius 1 is 1.10 bits per heavy atom. The van der Waals surface area contributed by atoms with Crippen LogP contribution in [0, 0.1) is 5.82 Å². The van der Waals surface area contributed by atoms with Gasteiger partial charge < -0.3 is 10.1 Å². The molecule has 0 amide bonds. The first-order valence-electron chi connectivity index (χ1n) is 6.63. The topological polar surface area (TPSA) is 21.3 Å². The number of nitrogens with one attached hydrogen (secondary N) is 1. The molecule has 0 heterocycles. The molecule has 4 heteroatoms. The van der Waals surface area contributed by atoms with Crippen LogP contribution >= 0.6 is 11.6 Å². The van der Waals surface area contributed by atoms with Crippen molar-refractivity contribution in [3.63, 3.8) is 0 Å². The lowest BCUT2D eigenvalue weighted by molar-refractivity contribution is 0.436. The van der Waals surface area contributed by atoms with Gasteiger partial charge >= 0.3 is 0 Å². The molecule has 0 radical (unpaired) electrons. The Labute approximate surface area is 123 Å². The number of ether oxygens (including phenoxy) is 1. The van der Waals surface area contributed by atoms with E-state index in [1.807, 2.05) is 24.3 Å². The molecule has 0 saturated heterocycles. The van der Waals surface area contributed by atoms with Crippen LogP contribution in [0.25, 0.3) is 0 Å². The van der Waals surface area contributed by atoms with Crippen LogP contribution in [-0.2, 0) is 6.54 Å². The van der Waals surface area contributed by atoms with Gasteiger partial charge in [-0.1, -0.05) is 42.8 Å². The summed E-state index contributed by atoms with van der Waals surface area (Å²) in [5.74, 6) is 0.239. The number of para-hydroxylation sites is 1. The summed E-state index contributed by atoms with van der Waals surface area (Å²) in [5.41, 5.74) is 0.986. The van der Waals surface area contributed by atoms with Crippen LogP contribution < -0.4 is 10.1 Å². The molecule has 0 bridgehead atoms. The Kier molecular flexibility index (Phi) is 5.39. The Morgan fingerprint density at radius 3 is 2.65 bits per heavy atom. The van der Waals surface area contributed by atoms with E-state index in [0.29, 0.717) is 12.3 Å². The second-order valence-corrected chi connectivity index (χ2v) is 4.85. The number of hydrogen-bond donors (Lipinski definition) is 1. The Bertz CT molecular complexity index is 574. The van der Waals surface area contributed by atoms with Gasteiger partial charge in [-0.15, -0.1) is 0 Å². The van der Waals surface area contributed by atoms with Crippen LogP contribution in [-0.4, -0.2) is 6.54 Å². The van der Waals surface area contributed by atoms with Crippen molar-refractivity contribution in [1.82, 2.24) is 5.32 Å². The second-order valence-electron chi connectivity index (χ2n) is 4.44. The number of rotatable bonds is 6. The lowest BCUT2D eigenvalue weighted by atomic mass is 10.2. The van der Waals surface area contributed by atoms with E-state index < -0.39 is 5.82 Å². The predicted octanol–water partition coefficient (Wildman–Crippen LogP) is 4.77. The van der Waals surface area contributed by atoms with Gasteiger partial charge in [0.1, 0.15) is 5.75 Å². The predicted molar refractivity (Wildman–Crippen MR) is 79.9 cm³/mol. The third-order valence-electron chi connectivity index (χ3n) is 2.85. The van der Waals surface area contributed by atoms with Gasteiger partial charge in [-0.05, 0) is 31.2 Å². The molecule has 0 atom stereocenters. The van der Waals surface area contributed by atoms with Crippen LogP contribution in [0.4, 0.5) is 4.39 Å². The molecular weight excluding hydrogens is 277 g/mol. The van der Waals surface area contributed by atoms with E-state index in [4.69, 9.17) is 16.3 Å². The quantitative estimate of drug-likeness (QED) is 0.775. The number of benzene rings is 2. The van der Waals surface area contributed by atoms with Gasteiger partial charge in [-0.2, -0.15) is 0 Å². The molecule has 0 unspecified atom stereocenters. The molecule has 2 aromatic rings. The Balaban J connectivity index is 2.18. The smallest absolute Gasteiger partial charge is 0.184 e. The molecule has 0 saturated carbocycles. The van der Waals surface area contributed by atoms with Crippen molar-refractivity contribution in [3.05, 3.63) is 58.9 Å². The molecule has 0 aliphatic rings. The maximum absolute atomic E-state index is 13.9. The molecule has 2 nitrogen and oxygen atoms in total.